The van der Waals surface area contributed by atoms with E-state index in [9.17, 15) is 14.1 Å². The summed E-state index contributed by atoms with van der Waals surface area (Å²) in [5.41, 5.74) is 7.94. The number of carbonyl (C=O) groups excluding carboxylic acids is 2. The summed E-state index contributed by atoms with van der Waals surface area (Å²) >= 11 is 5.85. The van der Waals surface area contributed by atoms with Gasteiger partial charge in [0.15, 0.2) is 0 Å². The molecular weight excluding hydrogens is 408 g/mol. The smallest absolute Gasteiger partial charge is 0.413 e. The van der Waals surface area contributed by atoms with Gasteiger partial charge in [0.25, 0.3) is 5.79 Å². The molecule has 0 N–H and O–H groups in total. The van der Waals surface area contributed by atoms with Crippen molar-refractivity contribution in [2.24, 2.45) is 11.0 Å². The minimum Gasteiger partial charge on any atom is -0.444 e. The summed E-state index contributed by atoms with van der Waals surface area (Å²) < 4.78 is 35.9. The van der Waals surface area contributed by atoms with Gasteiger partial charge in [0, 0.05) is 28.9 Å². The van der Waals surface area contributed by atoms with Crippen molar-refractivity contribution in [3.63, 3.8) is 0 Å². The van der Waals surface area contributed by atoms with Crippen LogP contribution in [0.25, 0.3) is 10.4 Å². The molecule has 158 valence electrons. The highest BCUT2D eigenvalue weighted by Gasteiger charge is 2.60. The van der Waals surface area contributed by atoms with Crippen molar-refractivity contribution in [1.29, 1.82) is 0 Å². The number of azide groups is 1. The molecular formula is C18H22ClF2N5O3. The normalized spacial score (nSPS) is 21.4. The number of hydrogen-bond donors (Lipinski definition) is 0. The molecule has 1 aromatic rings. The van der Waals surface area contributed by atoms with E-state index in [4.69, 9.17) is 21.9 Å². The average molecular weight is 430 g/mol. The van der Waals surface area contributed by atoms with E-state index >= 15 is 4.39 Å². The van der Waals surface area contributed by atoms with E-state index in [1.54, 1.807) is 32.9 Å². The SMILES string of the molecule is CC(C)(C)OC(=O)N1CCC(CN=[N+]=[N-])C1(F)C(=O)N(F)Cc1cccc(Cl)c1. The van der Waals surface area contributed by atoms with Crippen LogP contribution < -0.4 is 0 Å². The number of benzene rings is 1. The van der Waals surface area contributed by atoms with E-state index in [0.717, 1.165) is 0 Å². The van der Waals surface area contributed by atoms with Crippen molar-refractivity contribution in [2.75, 3.05) is 13.1 Å². The first-order chi connectivity index (χ1) is 13.5. The topological polar surface area (TPSA) is 98.6 Å². The number of rotatable bonds is 5. The van der Waals surface area contributed by atoms with Crippen molar-refractivity contribution in [3.05, 3.63) is 45.3 Å². The number of halogens is 3. The number of likely N-dealkylation sites (tertiary alicyclic amines) is 1. The van der Waals surface area contributed by atoms with E-state index in [0.29, 0.717) is 15.5 Å². The lowest BCUT2D eigenvalue weighted by atomic mass is 9.97. The van der Waals surface area contributed by atoms with Crippen molar-refractivity contribution >= 4 is 23.6 Å². The first kappa shape index (κ1) is 22.7. The van der Waals surface area contributed by atoms with Crippen LogP contribution in [0.1, 0.15) is 32.8 Å². The second-order valence-electron chi connectivity index (χ2n) is 7.66. The van der Waals surface area contributed by atoms with Gasteiger partial charge in [-0.25, -0.2) is 9.18 Å². The predicted molar refractivity (Wildman–Crippen MR) is 102 cm³/mol. The Hall–Kier alpha value is -2.58. The van der Waals surface area contributed by atoms with Gasteiger partial charge in [-0.2, -0.15) is 5.12 Å². The van der Waals surface area contributed by atoms with Crippen LogP contribution >= 0.6 is 11.6 Å². The van der Waals surface area contributed by atoms with Gasteiger partial charge in [0.05, 0.1) is 6.54 Å². The quantitative estimate of drug-likeness (QED) is 0.221. The lowest BCUT2D eigenvalue weighted by Gasteiger charge is -2.35. The van der Waals surface area contributed by atoms with Crippen LogP contribution in [0.15, 0.2) is 29.4 Å². The van der Waals surface area contributed by atoms with Crippen LogP contribution in [-0.4, -0.2) is 46.5 Å². The third-order valence-corrected chi connectivity index (χ3v) is 4.58. The summed E-state index contributed by atoms with van der Waals surface area (Å²) in [6.07, 6.45) is -1.08. The lowest BCUT2D eigenvalue weighted by Crippen LogP contribution is -2.58. The number of hydrogen-bond acceptors (Lipinski definition) is 4. The highest BCUT2D eigenvalue weighted by atomic mass is 35.5. The molecule has 29 heavy (non-hydrogen) atoms. The van der Waals surface area contributed by atoms with E-state index in [2.05, 4.69) is 10.0 Å². The van der Waals surface area contributed by atoms with E-state index in [1.807, 2.05) is 0 Å². The molecule has 0 spiro atoms. The van der Waals surface area contributed by atoms with Crippen LogP contribution in [0.3, 0.4) is 0 Å². The molecule has 1 aliphatic heterocycles. The molecule has 0 aromatic heterocycles. The molecule has 0 saturated carbocycles. The number of amides is 2. The Balaban J connectivity index is 2.31. The summed E-state index contributed by atoms with van der Waals surface area (Å²) in [4.78, 5) is 28.4. The maximum absolute atomic E-state index is 16.0. The van der Waals surface area contributed by atoms with Gasteiger partial charge in [-0.05, 0) is 50.4 Å². The second-order valence-corrected chi connectivity index (χ2v) is 8.10. The maximum Gasteiger partial charge on any atom is 0.413 e. The maximum atomic E-state index is 16.0. The summed E-state index contributed by atoms with van der Waals surface area (Å²) in [5.74, 6) is -5.83. The first-order valence-electron chi connectivity index (χ1n) is 8.91. The standard InChI is InChI=1S/C18H22ClF2N5O3/c1-17(2,3)29-16(28)25-8-7-13(10-23-24-22)18(25,20)15(27)26(21)11-12-5-4-6-14(19)9-12/h4-6,9,13H,7-8,10-11H2,1-3H3. The molecule has 11 heteroatoms. The molecule has 1 aromatic carbocycles. The van der Waals surface area contributed by atoms with Crippen molar-refractivity contribution in [3.8, 4) is 0 Å². The molecule has 1 fully saturated rings. The Morgan fingerprint density at radius 1 is 1.48 bits per heavy atom. The molecule has 0 aliphatic carbocycles. The van der Waals surface area contributed by atoms with Crippen LogP contribution in [-0.2, 0) is 16.1 Å². The van der Waals surface area contributed by atoms with Crippen molar-refractivity contribution in [2.45, 2.75) is 45.1 Å². The zero-order valence-corrected chi connectivity index (χ0v) is 17.1. The fraction of sp³-hybridized carbons (Fsp3) is 0.556. The van der Waals surface area contributed by atoms with Gasteiger partial charge < -0.3 is 4.74 Å². The fourth-order valence-corrected chi connectivity index (χ4v) is 3.29. The molecule has 1 heterocycles. The Labute approximate surface area is 171 Å². The van der Waals surface area contributed by atoms with Gasteiger partial charge >= 0.3 is 12.0 Å². The molecule has 2 atom stereocenters. The zero-order chi connectivity index (χ0) is 21.8. The lowest BCUT2D eigenvalue weighted by molar-refractivity contribution is -0.176. The molecule has 8 nitrogen and oxygen atoms in total. The van der Waals surface area contributed by atoms with Crippen LogP contribution in [0.5, 0.6) is 0 Å². The Bertz CT molecular complexity index is 828. The van der Waals surface area contributed by atoms with Gasteiger partial charge in [0.2, 0.25) is 0 Å². The number of carbonyl (C=O) groups is 2. The van der Waals surface area contributed by atoms with E-state index in [1.165, 1.54) is 12.1 Å². The number of nitrogens with zero attached hydrogens (tertiary/aromatic N) is 5. The second kappa shape index (κ2) is 8.84. The van der Waals surface area contributed by atoms with Gasteiger partial charge in [-0.3, -0.25) is 9.69 Å². The molecule has 1 aliphatic rings. The zero-order valence-electron chi connectivity index (χ0n) is 16.3. The Morgan fingerprint density at radius 3 is 2.76 bits per heavy atom. The number of alkyl halides is 1. The Morgan fingerprint density at radius 2 is 2.17 bits per heavy atom. The molecule has 0 radical (unpaired) electrons. The number of ether oxygens (including phenoxy) is 1. The average Bonchev–Trinajstić information content (AvgIpc) is 2.95. The van der Waals surface area contributed by atoms with Crippen molar-refractivity contribution in [1.82, 2.24) is 10.0 Å². The minimum atomic E-state index is -3.05. The van der Waals surface area contributed by atoms with Crippen LogP contribution in [0.2, 0.25) is 5.02 Å². The Kier molecular flexibility index (Phi) is 6.92. The summed E-state index contributed by atoms with van der Waals surface area (Å²) in [5, 5.41) is 3.33. The fourth-order valence-electron chi connectivity index (χ4n) is 3.08. The molecule has 2 rings (SSSR count). The van der Waals surface area contributed by atoms with Crippen LogP contribution in [0.4, 0.5) is 13.7 Å². The minimum absolute atomic E-state index is 0.00546. The first-order valence-corrected chi connectivity index (χ1v) is 9.29. The highest BCUT2D eigenvalue weighted by molar-refractivity contribution is 6.30. The van der Waals surface area contributed by atoms with Gasteiger partial charge in [-0.15, -0.1) is 0 Å². The van der Waals surface area contributed by atoms with E-state index in [-0.39, 0.29) is 18.1 Å². The molecule has 0 bridgehead atoms. The van der Waals surface area contributed by atoms with Crippen LogP contribution in [0, 0.1) is 5.92 Å². The molecule has 2 unspecified atom stereocenters. The molecule has 2 amide bonds. The summed E-state index contributed by atoms with van der Waals surface area (Å²) in [7, 11) is 0. The van der Waals surface area contributed by atoms with E-state index < -0.39 is 42.4 Å². The van der Waals surface area contributed by atoms with Gasteiger partial charge in [-0.1, -0.05) is 33.3 Å². The highest BCUT2D eigenvalue weighted by Crippen LogP contribution is 2.40. The monoisotopic (exact) mass is 429 g/mol. The molecule has 1 saturated heterocycles. The van der Waals surface area contributed by atoms with Gasteiger partial charge in [0.1, 0.15) is 5.60 Å². The third-order valence-electron chi connectivity index (χ3n) is 4.34. The largest absolute Gasteiger partial charge is 0.444 e. The summed E-state index contributed by atoms with van der Waals surface area (Å²) in [6.45, 7) is 3.58. The van der Waals surface area contributed by atoms with Crippen molar-refractivity contribution < 1.29 is 23.2 Å². The predicted octanol–water partition coefficient (Wildman–Crippen LogP) is 4.79. The third kappa shape index (κ3) is 5.27. The summed E-state index contributed by atoms with van der Waals surface area (Å²) in [6, 6.07) is 6.09.